The van der Waals surface area contributed by atoms with E-state index in [1.807, 2.05) is 0 Å². The number of hydrogen-bond acceptors (Lipinski definition) is 5. The van der Waals surface area contributed by atoms with Crippen molar-refractivity contribution in [1.29, 1.82) is 0 Å². The predicted molar refractivity (Wildman–Crippen MR) is 80.0 cm³/mol. The highest BCUT2D eigenvalue weighted by Crippen LogP contribution is 2.21. The molecule has 1 N–H and O–H groups in total. The zero-order chi connectivity index (χ0) is 17.3. The Hall–Kier alpha value is -2.81. The van der Waals surface area contributed by atoms with E-state index in [-0.39, 0.29) is 17.9 Å². The van der Waals surface area contributed by atoms with Crippen LogP contribution in [0.15, 0.2) is 41.5 Å². The summed E-state index contributed by atoms with van der Waals surface area (Å²) in [6.45, 7) is -1.04. The van der Waals surface area contributed by atoms with Crippen molar-refractivity contribution in [3.8, 4) is 5.75 Å². The number of fused-ring (bicyclic) bond motifs is 1. The molecule has 0 radical (unpaired) electrons. The van der Waals surface area contributed by atoms with Gasteiger partial charge in [-0.2, -0.15) is 23.4 Å². The van der Waals surface area contributed by atoms with E-state index in [2.05, 4.69) is 14.8 Å². The number of aryl methyl sites for hydroxylation is 1. The molecule has 1 atom stereocenters. The molecule has 0 bridgehead atoms. The average molecular weight is 336 g/mol. The van der Waals surface area contributed by atoms with E-state index in [9.17, 15) is 18.7 Å². The lowest BCUT2D eigenvalue weighted by atomic mass is 10.1. The van der Waals surface area contributed by atoms with Gasteiger partial charge in [-0.3, -0.25) is 4.79 Å². The van der Waals surface area contributed by atoms with Crippen LogP contribution in [0.25, 0.3) is 5.78 Å². The van der Waals surface area contributed by atoms with Crippen molar-refractivity contribution in [2.45, 2.75) is 26.2 Å². The first-order chi connectivity index (χ1) is 11.5. The number of aromatic nitrogens is 4. The van der Waals surface area contributed by atoms with E-state index in [1.165, 1.54) is 36.7 Å². The van der Waals surface area contributed by atoms with Gasteiger partial charge in [0.25, 0.3) is 5.56 Å². The Bertz CT molecular complexity index is 905. The molecule has 1 unspecified atom stereocenters. The molecule has 0 amide bonds. The molecule has 0 aliphatic rings. The maximum Gasteiger partial charge on any atom is 0.387 e. The smallest absolute Gasteiger partial charge is 0.387 e. The van der Waals surface area contributed by atoms with E-state index >= 15 is 0 Å². The number of alkyl halides is 2. The van der Waals surface area contributed by atoms with E-state index in [0.717, 1.165) is 4.52 Å². The second kappa shape index (κ2) is 6.36. The molecule has 0 aliphatic heterocycles. The highest BCUT2D eigenvalue weighted by atomic mass is 19.3. The molecule has 9 heteroatoms. The van der Waals surface area contributed by atoms with Crippen molar-refractivity contribution in [1.82, 2.24) is 19.2 Å². The number of rotatable bonds is 5. The largest absolute Gasteiger partial charge is 0.435 e. The lowest BCUT2D eigenvalue weighted by molar-refractivity contribution is -0.0498. The van der Waals surface area contributed by atoms with Crippen LogP contribution in [0.5, 0.6) is 5.75 Å². The summed E-state index contributed by atoms with van der Waals surface area (Å²) >= 11 is 0. The SMILES string of the molecule is Cc1cc(=O)n2ncnc2n1CC(O)c1ccc(OC(F)F)cc1. The van der Waals surface area contributed by atoms with E-state index < -0.39 is 12.7 Å². The molecule has 0 saturated heterocycles. The number of ether oxygens (including phenoxy) is 1. The van der Waals surface area contributed by atoms with Crippen LogP contribution in [0, 0.1) is 6.92 Å². The maximum atomic E-state index is 12.1. The van der Waals surface area contributed by atoms with Crippen LogP contribution in [0.3, 0.4) is 0 Å². The molecule has 2 aromatic heterocycles. The number of halogens is 2. The highest BCUT2D eigenvalue weighted by molar-refractivity contribution is 5.31. The van der Waals surface area contributed by atoms with Crippen molar-refractivity contribution in [2.24, 2.45) is 0 Å². The summed E-state index contributed by atoms with van der Waals surface area (Å²) in [5, 5.41) is 14.2. The Balaban J connectivity index is 1.86. The number of nitrogens with zero attached hydrogens (tertiary/aromatic N) is 4. The van der Waals surface area contributed by atoms with Crippen LogP contribution in [-0.4, -0.2) is 30.9 Å². The Morgan fingerprint density at radius 1 is 1.29 bits per heavy atom. The van der Waals surface area contributed by atoms with E-state index in [0.29, 0.717) is 17.0 Å². The Morgan fingerprint density at radius 2 is 2.00 bits per heavy atom. The van der Waals surface area contributed by atoms with Crippen LogP contribution < -0.4 is 10.3 Å². The third-order valence-corrected chi connectivity index (χ3v) is 3.58. The van der Waals surface area contributed by atoms with Gasteiger partial charge < -0.3 is 14.4 Å². The lowest BCUT2D eigenvalue weighted by Gasteiger charge is -2.16. The Labute approximate surface area is 134 Å². The molecule has 0 saturated carbocycles. The molecule has 1 aromatic carbocycles. The number of benzene rings is 1. The standard InChI is InChI=1S/C15H14F2N4O3/c1-9-6-13(23)21-15(18-8-19-21)20(9)7-12(22)10-2-4-11(5-3-10)24-14(16)17/h2-6,8,12,14,22H,7H2,1H3. The predicted octanol–water partition coefficient (Wildman–Crippen LogP) is 1.53. The minimum absolute atomic E-state index is 0.0142. The second-order valence-electron chi connectivity index (χ2n) is 5.17. The van der Waals surface area contributed by atoms with Crippen molar-refractivity contribution in [2.75, 3.05) is 0 Å². The van der Waals surface area contributed by atoms with Gasteiger partial charge in [-0.1, -0.05) is 12.1 Å². The van der Waals surface area contributed by atoms with Crippen LogP contribution in [0.1, 0.15) is 17.4 Å². The topological polar surface area (TPSA) is 81.7 Å². The molecule has 0 fully saturated rings. The van der Waals surface area contributed by atoms with Gasteiger partial charge in [-0.05, 0) is 24.6 Å². The molecular weight excluding hydrogens is 322 g/mol. The summed E-state index contributed by atoms with van der Waals surface area (Å²) in [4.78, 5) is 15.8. The van der Waals surface area contributed by atoms with Gasteiger partial charge in [-0.15, -0.1) is 0 Å². The molecule has 0 spiro atoms. The minimum Gasteiger partial charge on any atom is -0.435 e. The van der Waals surface area contributed by atoms with Gasteiger partial charge in [-0.25, -0.2) is 0 Å². The molecule has 24 heavy (non-hydrogen) atoms. The summed E-state index contributed by atoms with van der Waals surface area (Å²) in [5.74, 6) is 0.331. The quantitative estimate of drug-likeness (QED) is 0.764. The Kier molecular flexibility index (Phi) is 4.26. The Morgan fingerprint density at radius 3 is 2.67 bits per heavy atom. The van der Waals surface area contributed by atoms with Crippen LogP contribution in [-0.2, 0) is 6.54 Å². The summed E-state index contributed by atoms with van der Waals surface area (Å²) in [6, 6.07) is 7.11. The second-order valence-corrected chi connectivity index (χ2v) is 5.17. The molecular formula is C15H14F2N4O3. The van der Waals surface area contributed by atoms with Gasteiger partial charge in [0.05, 0.1) is 12.6 Å². The minimum atomic E-state index is -2.90. The van der Waals surface area contributed by atoms with Crippen molar-refractivity contribution < 1.29 is 18.6 Å². The van der Waals surface area contributed by atoms with Gasteiger partial charge in [0, 0.05) is 11.8 Å². The summed E-state index contributed by atoms with van der Waals surface area (Å²) in [6.07, 6.45) is 0.336. The summed E-state index contributed by atoms with van der Waals surface area (Å²) in [7, 11) is 0. The number of hydrogen-bond donors (Lipinski definition) is 1. The van der Waals surface area contributed by atoms with E-state index in [1.54, 1.807) is 11.5 Å². The van der Waals surface area contributed by atoms with Gasteiger partial charge in [0.2, 0.25) is 5.78 Å². The van der Waals surface area contributed by atoms with Crippen molar-refractivity contribution >= 4 is 5.78 Å². The first-order valence-electron chi connectivity index (χ1n) is 7.08. The zero-order valence-electron chi connectivity index (χ0n) is 12.6. The third kappa shape index (κ3) is 3.11. The van der Waals surface area contributed by atoms with Gasteiger partial charge >= 0.3 is 6.61 Å². The van der Waals surface area contributed by atoms with Crippen molar-refractivity contribution in [3.05, 3.63) is 58.3 Å². The van der Waals surface area contributed by atoms with Crippen LogP contribution >= 0.6 is 0 Å². The van der Waals surface area contributed by atoms with Crippen LogP contribution in [0.4, 0.5) is 8.78 Å². The van der Waals surface area contributed by atoms with E-state index in [4.69, 9.17) is 0 Å². The van der Waals surface area contributed by atoms with Crippen molar-refractivity contribution in [3.63, 3.8) is 0 Å². The number of aliphatic hydroxyl groups is 1. The fraction of sp³-hybridized carbons (Fsp3) is 0.267. The third-order valence-electron chi connectivity index (χ3n) is 3.58. The zero-order valence-corrected chi connectivity index (χ0v) is 12.6. The molecule has 3 rings (SSSR count). The molecule has 2 heterocycles. The lowest BCUT2D eigenvalue weighted by Crippen LogP contribution is -2.22. The molecule has 0 aliphatic carbocycles. The normalized spacial score (nSPS) is 12.7. The molecule has 126 valence electrons. The average Bonchev–Trinajstić information content (AvgIpc) is 3.01. The first kappa shape index (κ1) is 16.1. The molecule has 7 nitrogen and oxygen atoms in total. The highest BCUT2D eigenvalue weighted by Gasteiger charge is 2.14. The van der Waals surface area contributed by atoms with Gasteiger partial charge in [0.15, 0.2) is 0 Å². The first-order valence-corrected chi connectivity index (χ1v) is 7.08. The maximum absolute atomic E-state index is 12.1. The molecule has 3 aromatic rings. The fourth-order valence-electron chi connectivity index (χ4n) is 2.43. The fourth-order valence-corrected chi connectivity index (χ4v) is 2.43. The monoisotopic (exact) mass is 336 g/mol. The van der Waals surface area contributed by atoms with Crippen LogP contribution in [0.2, 0.25) is 0 Å². The number of aliphatic hydroxyl groups excluding tert-OH is 1. The summed E-state index contributed by atoms with van der Waals surface area (Å²) in [5.41, 5.74) is 0.837. The van der Waals surface area contributed by atoms with Gasteiger partial charge in [0.1, 0.15) is 12.1 Å². The summed E-state index contributed by atoms with van der Waals surface area (Å²) < 4.78 is 31.4.